The lowest BCUT2D eigenvalue weighted by atomic mass is 10.00. The fraction of sp³-hybridized carbons (Fsp3) is 0.167. The molecule has 6 nitrogen and oxygen atoms in total. The molecule has 0 unspecified atom stereocenters. The summed E-state index contributed by atoms with van der Waals surface area (Å²) in [4.78, 5) is 11.8. The van der Waals surface area contributed by atoms with E-state index in [4.69, 9.17) is 28.9 Å². The highest BCUT2D eigenvalue weighted by Gasteiger charge is 2.18. The van der Waals surface area contributed by atoms with Gasteiger partial charge in [-0.1, -0.05) is 40.5 Å². The van der Waals surface area contributed by atoms with Crippen LogP contribution in [-0.4, -0.2) is 26.0 Å². The average Bonchev–Trinajstić information content (AvgIpc) is 2.98. The molecule has 0 radical (unpaired) electrons. The number of hydrogen-bond acceptors (Lipinski definition) is 4. The number of aromatic nitrogens is 3. The number of aliphatic hydroxyl groups excluding tert-OH is 1. The number of primary amides is 1. The first-order valence-corrected chi connectivity index (χ1v) is 8.54. The van der Waals surface area contributed by atoms with E-state index in [2.05, 4.69) is 10.3 Å². The van der Waals surface area contributed by atoms with Crippen LogP contribution in [0.4, 0.5) is 0 Å². The van der Waals surface area contributed by atoms with Crippen LogP contribution in [0, 0.1) is 6.92 Å². The molecule has 0 aliphatic heterocycles. The summed E-state index contributed by atoms with van der Waals surface area (Å²) in [6.07, 6.45) is 0. The predicted molar refractivity (Wildman–Crippen MR) is 100 cm³/mol. The number of aliphatic hydroxyl groups is 1. The molecule has 1 amide bonds. The molecule has 3 rings (SSSR count). The van der Waals surface area contributed by atoms with Gasteiger partial charge in [-0.05, 0) is 42.3 Å². The lowest BCUT2D eigenvalue weighted by Crippen LogP contribution is -2.13. The molecule has 26 heavy (non-hydrogen) atoms. The van der Waals surface area contributed by atoms with Gasteiger partial charge in [-0.2, -0.15) is 0 Å². The van der Waals surface area contributed by atoms with Crippen molar-refractivity contribution in [3.05, 3.63) is 68.8 Å². The Bertz CT molecular complexity index is 985. The van der Waals surface area contributed by atoms with E-state index in [1.807, 2.05) is 13.0 Å². The summed E-state index contributed by atoms with van der Waals surface area (Å²) in [7, 11) is 0. The van der Waals surface area contributed by atoms with Gasteiger partial charge in [-0.3, -0.25) is 4.79 Å². The largest absolute Gasteiger partial charge is 0.392 e. The first-order chi connectivity index (χ1) is 12.4. The summed E-state index contributed by atoms with van der Waals surface area (Å²) in [5.41, 5.74) is 9.21. The second-order valence-electron chi connectivity index (χ2n) is 5.83. The van der Waals surface area contributed by atoms with Gasteiger partial charge in [0, 0.05) is 11.1 Å². The SMILES string of the molecule is Cc1c(-c2cc(CO)ccc2C(N)=O)nnn1Cc1ccc(Cl)c(Cl)c1. The van der Waals surface area contributed by atoms with E-state index in [9.17, 15) is 9.90 Å². The van der Waals surface area contributed by atoms with Gasteiger partial charge >= 0.3 is 0 Å². The topological polar surface area (TPSA) is 94.0 Å². The summed E-state index contributed by atoms with van der Waals surface area (Å²) in [5.74, 6) is -0.567. The smallest absolute Gasteiger partial charge is 0.249 e. The van der Waals surface area contributed by atoms with Crippen molar-refractivity contribution in [3.63, 3.8) is 0 Å². The number of amides is 1. The normalized spacial score (nSPS) is 10.9. The van der Waals surface area contributed by atoms with Crippen molar-refractivity contribution in [1.82, 2.24) is 15.0 Å². The second kappa shape index (κ2) is 7.45. The number of halogens is 2. The maximum Gasteiger partial charge on any atom is 0.249 e. The molecular formula is C18H16Cl2N4O2. The van der Waals surface area contributed by atoms with E-state index in [1.54, 1.807) is 35.0 Å². The molecule has 0 atom stereocenters. The number of carbonyl (C=O) groups excluding carboxylic acids is 1. The maximum atomic E-state index is 11.8. The minimum atomic E-state index is -0.567. The van der Waals surface area contributed by atoms with Crippen molar-refractivity contribution in [2.24, 2.45) is 5.73 Å². The van der Waals surface area contributed by atoms with Crippen molar-refractivity contribution in [2.45, 2.75) is 20.1 Å². The van der Waals surface area contributed by atoms with Gasteiger partial charge in [-0.25, -0.2) is 4.68 Å². The zero-order valence-corrected chi connectivity index (χ0v) is 15.4. The van der Waals surface area contributed by atoms with Crippen molar-refractivity contribution in [3.8, 4) is 11.3 Å². The van der Waals surface area contributed by atoms with E-state index < -0.39 is 5.91 Å². The Balaban J connectivity index is 2.01. The van der Waals surface area contributed by atoms with Crippen LogP contribution in [0.15, 0.2) is 36.4 Å². The number of nitrogens with two attached hydrogens (primary N) is 1. The van der Waals surface area contributed by atoms with E-state index in [1.165, 1.54) is 0 Å². The highest BCUT2D eigenvalue weighted by atomic mass is 35.5. The maximum absolute atomic E-state index is 11.8. The second-order valence-corrected chi connectivity index (χ2v) is 6.65. The minimum Gasteiger partial charge on any atom is -0.392 e. The molecule has 1 aromatic heterocycles. The molecule has 134 valence electrons. The zero-order chi connectivity index (χ0) is 18.8. The molecule has 0 aliphatic rings. The number of carbonyl (C=O) groups is 1. The van der Waals surface area contributed by atoms with Gasteiger partial charge in [0.15, 0.2) is 0 Å². The van der Waals surface area contributed by atoms with Crippen LogP contribution >= 0.6 is 23.2 Å². The van der Waals surface area contributed by atoms with Crippen LogP contribution in [0.1, 0.15) is 27.2 Å². The quantitative estimate of drug-likeness (QED) is 0.699. The van der Waals surface area contributed by atoms with Crippen molar-refractivity contribution < 1.29 is 9.90 Å². The Morgan fingerprint density at radius 2 is 1.88 bits per heavy atom. The molecule has 3 N–H and O–H groups in total. The molecule has 0 spiro atoms. The Morgan fingerprint density at radius 3 is 2.54 bits per heavy atom. The lowest BCUT2D eigenvalue weighted by Gasteiger charge is -2.08. The Labute approximate surface area is 160 Å². The van der Waals surface area contributed by atoms with E-state index in [-0.39, 0.29) is 6.61 Å². The first kappa shape index (κ1) is 18.4. The molecular weight excluding hydrogens is 375 g/mol. The molecule has 0 bridgehead atoms. The highest BCUT2D eigenvalue weighted by Crippen LogP contribution is 2.27. The standard InChI is InChI=1S/C18H16Cl2N4O2/c1-10-17(14-6-12(9-25)2-4-13(14)18(21)26)22-23-24(10)8-11-3-5-15(19)16(20)7-11/h2-7,25H,8-9H2,1H3,(H2,21,26). The number of nitrogens with zero attached hydrogens (tertiary/aromatic N) is 3. The molecule has 2 aromatic carbocycles. The summed E-state index contributed by atoms with van der Waals surface area (Å²) in [6, 6.07) is 10.3. The van der Waals surface area contributed by atoms with Gasteiger partial charge in [0.1, 0.15) is 5.69 Å². The molecule has 8 heteroatoms. The summed E-state index contributed by atoms with van der Waals surface area (Å²) in [6.45, 7) is 2.15. The fourth-order valence-electron chi connectivity index (χ4n) is 2.67. The molecule has 0 aliphatic carbocycles. The van der Waals surface area contributed by atoms with E-state index in [0.717, 1.165) is 11.3 Å². The van der Waals surface area contributed by atoms with E-state index >= 15 is 0 Å². The van der Waals surface area contributed by atoms with Crippen molar-refractivity contribution >= 4 is 29.1 Å². The van der Waals surface area contributed by atoms with Crippen LogP contribution in [0.25, 0.3) is 11.3 Å². The average molecular weight is 391 g/mol. The van der Waals surface area contributed by atoms with Crippen LogP contribution in [0.3, 0.4) is 0 Å². The summed E-state index contributed by atoms with van der Waals surface area (Å²) >= 11 is 12.0. The zero-order valence-electron chi connectivity index (χ0n) is 13.9. The van der Waals surface area contributed by atoms with Crippen LogP contribution in [0.2, 0.25) is 10.0 Å². The molecule has 1 heterocycles. The van der Waals surface area contributed by atoms with Gasteiger partial charge in [0.25, 0.3) is 0 Å². The van der Waals surface area contributed by atoms with Gasteiger partial charge in [0.2, 0.25) is 5.91 Å². The minimum absolute atomic E-state index is 0.150. The third kappa shape index (κ3) is 3.58. The van der Waals surface area contributed by atoms with Crippen LogP contribution in [-0.2, 0) is 13.2 Å². The Kier molecular flexibility index (Phi) is 5.27. The molecule has 0 saturated heterocycles. The van der Waals surface area contributed by atoms with Gasteiger partial charge < -0.3 is 10.8 Å². The van der Waals surface area contributed by atoms with Gasteiger partial charge in [0.05, 0.1) is 28.9 Å². The Hall–Kier alpha value is -2.41. The third-order valence-electron chi connectivity index (χ3n) is 4.09. The first-order valence-electron chi connectivity index (χ1n) is 7.78. The lowest BCUT2D eigenvalue weighted by molar-refractivity contribution is 0.100. The number of benzene rings is 2. The summed E-state index contributed by atoms with van der Waals surface area (Å²) in [5, 5.41) is 18.7. The number of hydrogen-bond donors (Lipinski definition) is 2. The third-order valence-corrected chi connectivity index (χ3v) is 4.83. The molecule has 0 saturated carbocycles. The fourth-order valence-corrected chi connectivity index (χ4v) is 2.99. The van der Waals surface area contributed by atoms with Crippen molar-refractivity contribution in [2.75, 3.05) is 0 Å². The Morgan fingerprint density at radius 1 is 1.15 bits per heavy atom. The number of rotatable bonds is 5. The molecule has 3 aromatic rings. The highest BCUT2D eigenvalue weighted by molar-refractivity contribution is 6.42. The molecule has 0 fully saturated rings. The van der Waals surface area contributed by atoms with Crippen LogP contribution in [0.5, 0.6) is 0 Å². The predicted octanol–water partition coefficient (Wildman–Crippen LogP) is 3.20. The van der Waals surface area contributed by atoms with Crippen molar-refractivity contribution in [1.29, 1.82) is 0 Å². The van der Waals surface area contributed by atoms with Crippen LogP contribution < -0.4 is 5.73 Å². The monoisotopic (exact) mass is 390 g/mol. The van der Waals surface area contributed by atoms with E-state index in [0.29, 0.717) is 39.0 Å². The van der Waals surface area contributed by atoms with Gasteiger partial charge in [-0.15, -0.1) is 5.10 Å². The summed E-state index contributed by atoms with van der Waals surface area (Å²) < 4.78 is 1.70.